The zero-order chi connectivity index (χ0) is 74.4. The summed E-state index contributed by atoms with van der Waals surface area (Å²) in [6.07, 6.45) is -12.8. The molecule has 102 heavy (non-hydrogen) atoms. The highest BCUT2D eigenvalue weighted by Crippen LogP contribution is 2.49. The topological polar surface area (TPSA) is 385 Å². The Labute approximate surface area is 616 Å². The van der Waals surface area contributed by atoms with Crippen molar-refractivity contribution in [3.05, 3.63) is 90.0 Å². The first-order chi connectivity index (χ1) is 48.6. The van der Waals surface area contributed by atoms with Crippen LogP contribution in [0.15, 0.2) is 73.7 Å². The number of nitrogens with zero attached hydrogens (tertiary/aromatic N) is 1. The number of benzene rings is 2. The SMILES string of the molecule is C/C=C\C#C[C@H](O[C@@H]1O[C@H](C)C(/C=N\O[C@H]2C[C@H](O)[C@H](SC(=O)c3c(C)c(I)c(O[C@@H]4O[C@@H](C)[C@H](O)[C@@H](OC)[C@H]4O)c(OC)c3OC)[C@@H](C)O2)[C@H](O)[C@H]1O[C@H]1C[C@H](OC)[C@@H](NCC)CO1)C1=C(NC(=O)C=O)C(=O)C[C@](C)(O)/C1=C/CSS[C@H](C)COC(=O)Nc1ccc2c(C)cc(=O)oc2c1. The molecule has 4 aliphatic heterocycles. The molecule has 33 heteroatoms. The van der Waals surface area contributed by atoms with Gasteiger partial charge in [-0.1, -0.05) is 69.4 Å². The van der Waals surface area contributed by atoms with Crippen molar-refractivity contribution >= 4 is 108 Å². The number of hydrogen-bond donors (Lipinski definition) is 8. The van der Waals surface area contributed by atoms with Gasteiger partial charge < -0.3 is 102 Å². The highest BCUT2D eigenvalue weighted by Gasteiger charge is 2.51. The molecular formula is C69H89IN4O25S3. The lowest BCUT2D eigenvalue weighted by Crippen LogP contribution is -2.59. The standard InChI is InChI=1S/C69H89IN4O25S3/c1-14-16-17-18-45(53-41(69(9,85)27-44(77)55(53)74-48(78)29-75)21-22-100-102-33(4)30-91-68(84)73-38-19-20-39-32(3)23-49(79)95-46(39)24-38)96-67-62(97-50-26-47(86-10)42(31-90-50)71-15-2)57(81)40(35(6)93-67)28-72-99-51-25-43(76)64(37(8)92-51)101-65(83)52-34(5)54(70)60(63(89-13)59(52)87-11)98-66-58(82)61(88-12)56(80)36(7)94-66/h14,16,19-21,23-24,28-29,33,35-37,40,42-43,45,47,50-51,56-58,61-62,64,66-67,71,76,80-82,85H,15,22,25-27,30-31H2,1-13H3,(H,73,84)(H,74,78)/b16-14-,41-21+,72-28-/t33-,35-,36+,37-,40?,42+,43+,45+,47+,50+,51+,56+,57+,58-,61-,62-,64-,66+,67+,69+/m1/s1. The summed E-state index contributed by atoms with van der Waals surface area (Å²) in [5.74, 6) is 3.16. The van der Waals surface area contributed by atoms with Crippen molar-refractivity contribution in [2.24, 2.45) is 11.1 Å². The largest absolute Gasteiger partial charge is 0.492 e. The number of likely N-dealkylation sites (N-methyl/N-ethyl adjacent to an activating group) is 1. The third kappa shape index (κ3) is 19.8. The molecule has 0 radical (unpaired) electrons. The van der Waals surface area contributed by atoms with Gasteiger partial charge in [-0.2, -0.15) is 0 Å². The van der Waals surface area contributed by atoms with Gasteiger partial charge in [0, 0.05) is 73.3 Å². The van der Waals surface area contributed by atoms with E-state index in [9.17, 15) is 54.3 Å². The Bertz CT molecular complexity index is 3720. The molecule has 0 bridgehead atoms. The van der Waals surface area contributed by atoms with Gasteiger partial charge in [-0.25, -0.2) is 9.59 Å². The van der Waals surface area contributed by atoms with E-state index in [0.717, 1.165) is 17.3 Å². The van der Waals surface area contributed by atoms with Gasteiger partial charge in [0.25, 0.3) is 5.91 Å². The maximum absolute atomic E-state index is 14.5. The summed E-state index contributed by atoms with van der Waals surface area (Å²) in [5, 5.41) is 69.9. The number of nitrogens with one attached hydrogen (secondary N) is 3. The van der Waals surface area contributed by atoms with Crippen LogP contribution in [0.4, 0.5) is 10.5 Å². The van der Waals surface area contributed by atoms with Crippen LogP contribution in [0.25, 0.3) is 11.0 Å². The Morgan fingerprint density at radius 2 is 1.64 bits per heavy atom. The fourth-order valence-corrected chi connectivity index (χ4v) is 16.1. The zero-order valence-corrected chi connectivity index (χ0v) is 63.2. The number of aliphatic hydroxyl groups excluding tert-OH is 4. The van der Waals surface area contributed by atoms with Crippen molar-refractivity contribution in [1.82, 2.24) is 10.6 Å². The number of anilines is 1. The number of amides is 2. The minimum atomic E-state index is -1.93. The van der Waals surface area contributed by atoms with Crippen LogP contribution in [0.2, 0.25) is 0 Å². The van der Waals surface area contributed by atoms with Crippen molar-refractivity contribution in [1.29, 1.82) is 0 Å². The molecule has 560 valence electrons. The highest BCUT2D eigenvalue weighted by molar-refractivity contribution is 14.1. The molecule has 20 atom stereocenters. The Balaban J connectivity index is 0.997. The number of oxime groups is 1. The summed E-state index contributed by atoms with van der Waals surface area (Å²) in [7, 11) is 8.24. The molecule has 1 aromatic heterocycles. The fourth-order valence-electron chi connectivity index (χ4n) is 12.4. The van der Waals surface area contributed by atoms with Gasteiger partial charge >= 0.3 is 11.7 Å². The van der Waals surface area contributed by atoms with E-state index in [0.29, 0.717) is 32.3 Å². The number of carbonyl (C=O) groups is 5. The lowest BCUT2D eigenvalue weighted by atomic mass is 9.76. The molecule has 3 aromatic rings. The number of ether oxygens (including phenoxy) is 12. The summed E-state index contributed by atoms with van der Waals surface area (Å²) < 4.78 is 78.5. The first-order valence-corrected chi connectivity index (χ1v) is 37.2. The fraction of sp³-hybridized carbons (Fsp3) is 0.580. The number of aldehydes is 1. The normalized spacial score (nSPS) is 30.9. The van der Waals surface area contributed by atoms with E-state index >= 15 is 0 Å². The van der Waals surface area contributed by atoms with Crippen molar-refractivity contribution in [2.75, 3.05) is 59.3 Å². The van der Waals surface area contributed by atoms with Gasteiger partial charge in [-0.15, -0.1) is 0 Å². The second-order valence-electron chi connectivity index (χ2n) is 24.9. The van der Waals surface area contributed by atoms with Crippen LogP contribution >= 0.6 is 55.9 Å². The van der Waals surface area contributed by atoms with Gasteiger partial charge in [0.05, 0.1) is 101 Å². The maximum Gasteiger partial charge on any atom is 0.411 e. The quantitative estimate of drug-likeness (QED) is 0.00523. The molecule has 1 unspecified atom stereocenters. The van der Waals surface area contributed by atoms with Crippen LogP contribution in [-0.4, -0.2) is 229 Å². The van der Waals surface area contributed by atoms with Gasteiger partial charge in [-0.05, 0) is 119 Å². The smallest absolute Gasteiger partial charge is 0.411 e. The predicted octanol–water partition coefficient (Wildman–Crippen LogP) is 5.68. The van der Waals surface area contributed by atoms with E-state index in [-0.39, 0.29) is 83.3 Å². The number of aryl methyl sites for hydroxylation is 1. The number of halogens is 1. The second kappa shape index (κ2) is 37.5. The molecule has 8 rings (SSSR count). The van der Waals surface area contributed by atoms with Crippen molar-refractivity contribution in [2.45, 2.75) is 196 Å². The molecule has 8 N–H and O–H groups in total. The van der Waals surface area contributed by atoms with Gasteiger partial charge in [-0.3, -0.25) is 24.5 Å². The van der Waals surface area contributed by atoms with E-state index in [1.807, 2.05) is 36.4 Å². The Morgan fingerprint density at radius 3 is 2.31 bits per heavy atom. The number of rotatable bonds is 27. The Hall–Kier alpha value is -5.73. The third-order valence-corrected chi connectivity index (χ3v) is 22.9. The number of carbonyl (C=O) groups excluding carboxylic acids is 5. The monoisotopic (exact) mass is 1600 g/mol. The Morgan fingerprint density at radius 1 is 0.902 bits per heavy atom. The lowest BCUT2D eigenvalue weighted by Gasteiger charge is -2.45. The number of hydrogen-bond acceptors (Lipinski definition) is 30. The minimum absolute atomic E-state index is 0.00921. The summed E-state index contributed by atoms with van der Waals surface area (Å²) in [5.41, 5.74) is -0.995. The predicted molar refractivity (Wildman–Crippen MR) is 385 cm³/mol. The van der Waals surface area contributed by atoms with Crippen LogP contribution in [-0.2, 0) is 61.9 Å². The van der Waals surface area contributed by atoms with Crippen LogP contribution < -0.4 is 35.8 Å². The first-order valence-electron chi connectivity index (χ1n) is 32.9. The molecule has 4 saturated heterocycles. The average molecular weight is 1600 g/mol. The number of Topliss-reactive ketones (excluding diaryl/α,β-unsaturated/α-hetero) is 1. The highest BCUT2D eigenvalue weighted by atomic mass is 127. The number of fused-ring (bicyclic) bond motifs is 1. The molecule has 2 amide bonds. The Kier molecular flexibility index (Phi) is 30.1. The molecule has 5 heterocycles. The van der Waals surface area contributed by atoms with Gasteiger partial charge in [0.1, 0.15) is 42.7 Å². The summed E-state index contributed by atoms with van der Waals surface area (Å²) in [6, 6.07) is 6.05. The molecule has 1 aliphatic carbocycles. The number of allylic oxidation sites excluding steroid dienone is 3. The van der Waals surface area contributed by atoms with E-state index in [2.05, 4.69) is 32.9 Å². The first kappa shape index (κ1) is 81.9. The van der Waals surface area contributed by atoms with Gasteiger partial charge in [0.2, 0.25) is 29.7 Å². The molecular weight excluding hydrogens is 1510 g/mol. The van der Waals surface area contributed by atoms with Crippen molar-refractivity contribution in [3.63, 3.8) is 0 Å². The molecule has 0 saturated carbocycles. The molecule has 5 aliphatic rings. The molecule has 29 nitrogen and oxygen atoms in total. The number of aliphatic hydroxyl groups is 5. The summed E-state index contributed by atoms with van der Waals surface area (Å²) in [6.45, 7) is 15.9. The molecule has 4 fully saturated rings. The molecule has 0 spiro atoms. The third-order valence-electron chi connectivity index (χ3n) is 17.6. The zero-order valence-electron chi connectivity index (χ0n) is 58.6. The summed E-state index contributed by atoms with van der Waals surface area (Å²) >= 11 is 2.79. The summed E-state index contributed by atoms with van der Waals surface area (Å²) in [4.78, 5) is 84.5. The maximum atomic E-state index is 14.5. The van der Waals surface area contributed by atoms with Crippen molar-refractivity contribution in [3.8, 4) is 29.1 Å². The number of thioether (sulfide) groups is 1. The van der Waals surface area contributed by atoms with E-state index in [4.69, 9.17) is 66.1 Å². The van der Waals surface area contributed by atoms with E-state index in [1.54, 1.807) is 72.9 Å². The lowest BCUT2D eigenvalue weighted by molar-refractivity contribution is -0.326. The second-order valence-corrected chi connectivity index (χ2v) is 30.0. The van der Waals surface area contributed by atoms with Crippen LogP contribution in [0.3, 0.4) is 0 Å². The molecule has 2 aromatic carbocycles. The van der Waals surface area contributed by atoms with E-state index in [1.165, 1.54) is 74.3 Å². The van der Waals surface area contributed by atoms with Crippen LogP contribution in [0, 0.1) is 35.2 Å². The van der Waals surface area contributed by atoms with E-state index < -0.39 is 150 Å². The van der Waals surface area contributed by atoms with Crippen LogP contribution in [0.1, 0.15) is 89.2 Å². The minimum Gasteiger partial charge on any atom is -0.492 e. The average Bonchev–Trinajstić information content (AvgIpc) is 0.765. The van der Waals surface area contributed by atoms with Crippen molar-refractivity contribution < 1.29 is 116 Å². The van der Waals surface area contributed by atoms with Gasteiger partial charge in [0.15, 0.2) is 29.9 Å². The van der Waals surface area contributed by atoms with Crippen LogP contribution in [0.5, 0.6) is 17.2 Å². The number of methoxy groups -OCH3 is 4. The number of ketones is 1.